The summed E-state index contributed by atoms with van der Waals surface area (Å²) in [5.41, 5.74) is 3.66. The van der Waals surface area contributed by atoms with Crippen LogP contribution in [0.3, 0.4) is 0 Å². The normalized spacial score (nSPS) is 11.1. The molecule has 4 rings (SSSR count). The van der Waals surface area contributed by atoms with Crippen LogP contribution in [-0.4, -0.2) is 14.5 Å². The molecule has 0 amide bonds. The number of hydrogen-bond donors (Lipinski definition) is 0. The molecular formula is C19H14ClN3OS. The third kappa shape index (κ3) is 3.21. The van der Waals surface area contributed by atoms with Gasteiger partial charge in [-0.2, -0.15) is 0 Å². The molecule has 0 saturated carbocycles. The second-order valence-corrected chi connectivity index (χ2v) is 7.14. The number of benzene rings is 2. The van der Waals surface area contributed by atoms with E-state index in [0.29, 0.717) is 22.5 Å². The zero-order valence-electron chi connectivity index (χ0n) is 13.4. The topological polar surface area (TPSA) is 47.8 Å². The molecule has 0 aliphatic heterocycles. The summed E-state index contributed by atoms with van der Waals surface area (Å²) in [7, 11) is 0. The van der Waals surface area contributed by atoms with Crippen molar-refractivity contribution in [3.05, 3.63) is 80.8 Å². The van der Waals surface area contributed by atoms with Gasteiger partial charge in [-0.25, -0.2) is 9.97 Å². The Hall–Kier alpha value is -2.50. The first-order valence-corrected chi connectivity index (χ1v) is 9.02. The lowest BCUT2D eigenvalue weighted by Crippen LogP contribution is -2.21. The summed E-state index contributed by atoms with van der Waals surface area (Å²) in [5.74, 6) is 0. The Morgan fingerprint density at radius 2 is 1.96 bits per heavy atom. The fourth-order valence-electron chi connectivity index (χ4n) is 2.63. The van der Waals surface area contributed by atoms with Gasteiger partial charge in [0.2, 0.25) is 0 Å². The number of aryl methyl sites for hydroxylation is 1. The maximum absolute atomic E-state index is 12.6. The molecule has 124 valence electrons. The van der Waals surface area contributed by atoms with Crippen LogP contribution in [0.15, 0.2) is 59.0 Å². The zero-order chi connectivity index (χ0) is 17.4. The Labute approximate surface area is 153 Å². The monoisotopic (exact) mass is 367 g/mol. The van der Waals surface area contributed by atoms with Crippen molar-refractivity contribution < 1.29 is 0 Å². The summed E-state index contributed by atoms with van der Waals surface area (Å²) >= 11 is 7.57. The van der Waals surface area contributed by atoms with Gasteiger partial charge in [-0.1, -0.05) is 41.4 Å². The standard InChI is InChI=1S/C19H14ClN3OS/c1-12-2-4-13(5-3-12)18-22-15(10-25-18)9-23-11-21-17-7-6-14(20)8-16(17)19(23)24/h2-8,10-11H,9H2,1H3. The molecule has 0 N–H and O–H groups in total. The molecule has 0 unspecified atom stereocenters. The first kappa shape index (κ1) is 16.0. The molecule has 0 atom stereocenters. The van der Waals surface area contributed by atoms with Crippen molar-refractivity contribution in [2.45, 2.75) is 13.5 Å². The van der Waals surface area contributed by atoms with E-state index in [1.165, 1.54) is 5.56 Å². The number of thiazole rings is 1. The highest BCUT2D eigenvalue weighted by Crippen LogP contribution is 2.24. The molecule has 6 heteroatoms. The molecule has 0 bridgehead atoms. The van der Waals surface area contributed by atoms with Crippen LogP contribution >= 0.6 is 22.9 Å². The zero-order valence-corrected chi connectivity index (χ0v) is 15.0. The Morgan fingerprint density at radius 1 is 1.16 bits per heavy atom. The van der Waals surface area contributed by atoms with Gasteiger partial charge < -0.3 is 0 Å². The quantitative estimate of drug-likeness (QED) is 0.534. The van der Waals surface area contributed by atoms with E-state index in [-0.39, 0.29) is 5.56 Å². The fourth-order valence-corrected chi connectivity index (χ4v) is 3.62. The number of halogens is 1. The lowest BCUT2D eigenvalue weighted by atomic mass is 10.2. The van der Waals surface area contributed by atoms with Gasteiger partial charge in [0.1, 0.15) is 5.01 Å². The van der Waals surface area contributed by atoms with Crippen LogP contribution < -0.4 is 5.56 Å². The van der Waals surface area contributed by atoms with E-state index in [4.69, 9.17) is 11.6 Å². The van der Waals surface area contributed by atoms with Crippen LogP contribution in [0.4, 0.5) is 0 Å². The van der Waals surface area contributed by atoms with E-state index in [9.17, 15) is 4.79 Å². The minimum Gasteiger partial charge on any atom is -0.293 e. The molecule has 4 aromatic rings. The number of aromatic nitrogens is 3. The van der Waals surface area contributed by atoms with Crippen LogP contribution in [0.25, 0.3) is 21.5 Å². The van der Waals surface area contributed by atoms with Gasteiger partial charge in [0.05, 0.1) is 29.5 Å². The highest BCUT2D eigenvalue weighted by Gasteiger charge is 2.09. The third-order valence-electron chi connectivity index (χ3n) is 3.97. The predicted molar refractivity (Wildman–Crippen MR) is 102 cm³/mol. The minimum atomic E-state index is -0.114. The summed E-state index contributed by atoms with van der Waals surface area (Å²) in [6.45, 7) is 2.44. The van der Waals surface area contributed by atoms with Gasteiger partial charge in [-0.3, -0.25) is 9.36 Å². The van der Waals surface area contributed by atoms with Gasteiger partial charge in [-0.05, 0) is 25.1 Å². The van der Waals surface area contributed by atoms with E-state index >= 15 is 0 Å². The number of fused-ring (bicyclic) bond motifs is 1. The van der Waals surface area contributed by atoms with Gasteiger partial charge in [0, 0.05) is 16.0 Å². The Bertz CT molecular complexity index is 1120. The second-order valence-electron chi connectivity index (χ2n) is 5.85. The first-order valence-electron chi connectivity index (χ1n) is 7.76. The van der Waals surface area contributed by atoms with Crippen molar-refractivity contribution >= 4 is 33.8 Å². The van der Waals surface area contributed by atoms with Crippen molar-refractivity contribution in [3.8, 4) is 10.6 Å². The van der Waals surface area contributed by atoms with Crippen molar-refractivity contribution in [1.29, 1.82) is 0 Å². The van der Waals surface area contributed by atoms with Crippen molar-refractivity contribution in [2.24, 2.45) is 0 Å². The molecule has 0 aliphatic rings. The summed E-state index contributed by atoms with van der Waals surface area (Å²) < 4.78 is 1.56. The van der Waals surface area contributed by atoms with E-state index in [1.54, 1.807) is 40.4 Å². The van der Waals surface area contributed by atoms with Crippen molar-refractivity contribution in [2.75, 3.05) is 0 Å². The van der Waals surface area contributed by atoms with Crippen LogP contribution in [0.1, 0.15) is 11.3 Å². The number of nitrogens with zero attached hydrogens (tertiary/aromatic N) is 3. The Balaban J connectivity index is 1.67. The average Bonchev–Trinajstić information content (AvgIpc) is 3.07. The second kappa shape index (κ2) is 6.43. The van der Waals surface area contributed by atoms with E-state index in [1.807, 2.05) is 5.38 Å². The lowest BCUT2D eigenvalue weighted by Gasteiger charge is -2.05. The molecule has 0 radical (unpaired) electrons. The maximum atomic E-state index is 12.6. The molecule has 25 heavy (non-hydrogen) atoms. The van der Waals surface area contributed by atoms with Crippen molar-refractivity contribution in [3.63, 3.8) is 0 Å². The molecule has 0 aliphatic carbocycles. The molecule has 0 fully saturated rings. The smallest absolute Gasteiger partial charge is 0.261 e. The van der Waals surface area contributed by atoms with E-state index < -0.39 is 0 Å². The van der Waals surface area contributed by atoms with Gasteiger partial charge in [-0.15, -0.1) is 11.3 Å². The molecule has 4 nitrogen and oxygen atoms in total. The van der Waals surface area contributed by atoms with Gasteiger partial charge in [0.25, 0.3) is 5.56 Å². The minimum absolute atomic E-state index is 0.114. The van der Waals surface area contributed by atoms with Crippen LogP contribution in [0, 0.1) is 6.92 Å². The Morgan fingerprint density at radius 3 is 2.76 bits per heavy atom. The number of rotatable bonds is 3. The fraction of sp³-hybridized carbons (Fsp3) is 0.105. The summed E-state index contributed by atoms with van der Waals surface area (Å²) in [6, 6.07) is 13.4. The van der Waals surface area contributed by atoms with E-state index in [0.717, 1.165) is 16.3 Å². The van der Waals surface area contributed by atoms with Gasteiger partial charge in [0.15, 0.2) is 0 Å². The summed E-state index contributed by atoms with van der Waals surface area (Å²) in [6.07, 6.45) is 1.56. The molecule has 0 spiro atoms. The van der Waals surface area contributed by atoms with Gasteiger partial charge >= 0.3 is 0 Å². The van der Waals surface area contributed by atoms with Crippen LogP contribution in [0.5, 0.6) is 0 Å². The molecule has 2 aromatic heterocycles. The first-order chi connectivity index (χ1) is 12.1. The summed E-state index contributed by atoms with van der Waals surface area (Å²) in [4.78, 5) is 21.6. The third-order valence-corrected chi connectivity index (χ3v) is 5.14. The molecule has 0 saturated heterocycles. The molecule has 2 aromatic carbocycles. The lowest BCUT2D eigenvalue weighted by molar-refractivity contribution is 0.734. The van der Waals surface area contributed by atoms with E-state index in [2.05, 4.69) is 41.2 Å². The predicted octanol–water partition coefficient (Wildman–Crippen LogP) is 4.53. The highest BCUT2D eigenvalue weighted by atomic mass is 35.5. The largest absolute Gasteiger partial charge is 0.293 e. The number of hydrogen-bond acceptors (Lipinski definition) is 4. The SMILES string of the molecule is Cc1ccc(-c2nc(Cn3cnc4ccc(Cl)cc4c3=O)cs2)cc1. The van der Waals surface area contributed by atoms with Crippen molar-refractivity contribution in [1.82, 2.24) is 14.5 Å². The summed E-state index contributed by atoms with van der Waals surface area (Å²) in [5, 5.41) is 3.97. The van der Waals surface area contributed by atoms with Crippen LogP contribution in [-0.2, 0) is 6.54 Å². The maximum Gasteiger partial charge on any atom is 0.261 e. The average molecular weight is 368 g/mol. The van der Waals surface area contributed by atoms with Crippen LogP contribution in [0.2, 0.25) is 5.02 Å². The molecular weight excluding hydrogens is 354 g/mol. The highest BCUT2D eigenvalue weighted by molar-refractivity contribution is 7.13. The molecule has 2 heterocycles. The Kier molecular flexibility index (Phi) is 4.11.